The molecule has 98 valence electrons. The maximum absolute atomic E-state index is 11.9. The van der Waals surface area contributed by atoms with Crippen LogP contribution in [0.1, 0.15) is 24.2 Å². The van der Waals surface area contributed by atoms with E-state index in [9.17, 15) is 14.9 Å². The minimum atomic E-state index is -0.578. The van der Waals surface area contributed by atoms with Crippen LogP contribution < -0.4 is 10.6 Å². The third-order valence-electron chi connectivity index (χ3n) is 2.24. The lowest BCUT2D eigenvalue weighted by Gasteiger charge is -2.10. The summed E-state index contributed by atoms with van der Waals surface area (Å²) in [6, 6.07) is 1.22. The average Bonchev–Trinajstić information content (AvgIpc) is 2.34. The van der Waals surface area contributed by atoms with Crippen LogP contribution in [0.4, 0.5) is 11.5 Å². The molecule has 0 saturated carbocycles. The number of rotatable bonds is 5. The molecule has 0 radical (unpaired) electrons. The fraction of sp³-hybridized carbons (Fsp3) is 0.455. The van der Waals surface area contributed by atoms with E-state index in [0.29, 0.717) is 18.3 Å². The van der Waals surface area contributed by atoms with Crippen LogP contribution in [0.15, 0.2) is 12.3 Å². The number of aromatic nitrogens is 1. The van der Waals surface area contributed by atoms with E-state index >= 15 is 0 Å². The molecule has 1 aromatic heterocycles. The fourth-order valence-electron chi connectivity index (χ4n) is 1.32. The van der Waals surface area contributed by atoms with E-state index in [1.54, 1.807) is 7.05 Å². The van der Waals surface area contributed by atoms with Gasteiger partial charge in [0.05, 0.1) is 10.5 Å². The standard InChI is InChI=1S/C11H16N4O3/c1-7(2)5-14-11(16)9-4-8(15(17)18)6-13-10(9)12-3/h4,6-7H,5H2,1-3H3,(H,12,13)(H,14,16). The van der Waals surface area contributed by atoms with Gasteiger partial charge in [0.1, 0.15) is 12.0 Å². The zero-order valence-electron chi connectivity index (χ0n) is 10.6. The summed E-state index contributed by atoms with van der Waals surface area (Å²) in [5.74, 6) is 0.254. The zero-order valence-corrected chi connectivity index (χ0v) is 10.6. The van der Waals surface area contributed by atoms with Crippen molar-refractivity contribution in [1.29, 1.82) is 0 Å². The van der Waals surface area contributed by atoms with Gasteiger partial charge >= 0.3 is 0 Å². The monoisotopic (exact) mass is 252 g/mol. The van der Waals surface area contributed by atoms with E-state index in [1.807, 2.05) is 13.8 Å². The molecule has 0 atom stereocenters. The van der Waals surface area contributed by atoms with Gasteiger partial charge in [-0.25, -0.2) is 4.98 Å². The van der Waals surface area contributed by atoms with Crippen molar-refractivity contribution < 1.29 is 9.72 Å². The molecule has 0 fully saturated rings. The molecule has 1 heterocycles. The predicted octanol–water partition coefficient (Wildman–Crippen LogP) is 1.42. The van der Waals surface area contributed by atoms with Crippen LogP contribution in [-0.2, 0) is 0 Å². The van der Waals surface area contributed by atoms with Crippen molar-refractivity contribution in [3.8, 4) is 0 Å². The van der Waals surface area contributed by atoms with E-state index in [4.69, 9.17) is 0 Å². The van der Waals surface area contributed by atoms with Crippen molar-refractivity contribution in [2.45, 2.75) is 13.8 Å². The van der Waals surface area contributed by atoms with Gasteiger partial charge in [-0.3, -0.25) is 14.9 Å². The molecular weight excluding hydrogens is 236 g/mol. The van der Waals surface area contributed by atoms with Crippen LogP contribution in [0.25, 0.3) is 0 Å². The molecule has 0 saturated heterocycles. The molecule has 0 aliphatic heterocycles. The summed E-state index contributed by atoms with van der Waals surface area (Å²) in [5.41, 5.74) is -0.0314. The fourth-order valence-corrected chi connectivity index (χ4v) is 1.32. The highest BCUT2D eigenvalue weighted by Crippen LogP contribution is 2.18. The van der Waals surface area contributed by atoms with Crippen molar-refractivity contribution in [3.05, 3.63) is 27.9 Å². The summed E-state index contributed by atoms with van der Waals surface area (Å²) < 4.78 is 0. The maximum Gasteiger partial charge on any atom is 0.288 e. The van der Waals surface area contributed by atoms with Crippen LogP contribution in [-0.4, -0.2) is 29.4 Å². The molecule has 0 aliphatic rings. The van der Waals surface area contributed by atoms with Crippen LogP contribution in [0.3, 0.4) is 0 Å². The second-order valence-electron chi connectivity index (χ2n) is 4.20. The largest absolute Gasteiger partial charge is 0.372 e. The lowest BCUT2D eigenvalue weighted by Crippen LogP contribution is -2.28. The third-order valence-corrected chi connectivity index (χ3v) is 2.24. The molecule has 1 amide bonds. The van der Waals surface area contributed by atoms with Crippen molar-refractivity contribution in [2.75, 3.05) is 18.9 Å². The SMILES string of the molecule is CNc1ncc([N+](=O)[O-])cc1C(=O)NCC(C)C. The van der Waals surface area contributed by atoms with Gasteiger partial charge in [-0.15, -0.1) is 0 Å². The molecule has 1 aromatic rings. The number of carbonyl (C=O) groups excluding carboxylic acids is 1. The second kappa shape index (κ2) is 5.95. The molecule has 0 bridgehead atoms. The van der Waals surface area contributed by atoms with Crippen LogP contribution in [0.5, 0.6) is 0 Å². The number of nitrogens with one attached hydrogen (secondary N) is 2. The van der Waals surface area contributed by atoms with E-state index in [2.05, 4.69) is 15.6 Å². The minimum absolute atomic E-state index is 0.173. The number of nitrogens with zero attached hydrogens (tertiary/aromatic N) is 2. The Hall–Kier alpha value is -2.18. The second-order valence-corrected chi connectivity index (χ2v) is 4.20. The van der Waals surface area contributed by atoms with Crippen molar-refractivity contribution in [1.82, 2.24) is 10.3 Å². The smallest absolute Gasteiger partial charge is 0.288 e. The van der Waals surface area contributed by atoms with Crippen molar-refractivity contribution in [3.63, 3.8) is 0 Å². The van der Waals surface area contributed by atoms with Gasteiger partial charge < -0.3 is 10.6 Å². The molecule has 2 N–H and O–H groups in total. The first-order valence-corrected chi connectivity index (χ1v) is 5.56. The Morgan fingerprint density at radius 1 is 1.56 bits per heavy atom. The minimum Gasteiger partial charge on any atom is -0.372 e. The molecule has 1 rings (SSSR count). The first-order valence-electron chi connectivity index (χ1n) is 5.56. The molecule has 0 aromatic carbocycles. The van der Waals surface area contributed by atoms with Gasteiger partial charge in [0, 0.05) is 19.7 Å². The number of amides is 1. The molecule has 0 spiro atoms. The summed E-state index contributed by atoms with van der Waals surface area (Å²) in [7, 11) is 1.60. The third kappa shape index (κ3) is 3.41. The highest BCUT2D eigenvalue weighted by atomic mass is 16.6. The summed E-state index contributed by atoms with van der Waals surface area (Å²) in [4.78, 5) is 25.8. The van der Waals surface area contributed by atoms with Crippen LogP contribution in [0.2, 0.25) is 0 Å². The lowest BCUT2D eigenvalue weighted by atomic mass is 10.2. The van der Waals surface area contributed by atoms with E-state index in [0.717, 1.165) is 6.20 Å². The van der Waals surface area contributed by atoms with Crippen molar-refractivity contribution >= 4 is 17.4 Å². The summed E-state index contributed by atoms with van der Waals surface area (Å²) >= 11 is 0. The summed E-state index contributed by atoms with van der Waals surface area (Å²) in [6.45, 7) is 4.43. The first kappa shape index (κ1) is 13.9. The number of pyridine rings is 1. The highest BCUT2D eigenvalue weighted by Gasteiger charge is 2.17. The lowest BCUT2D eigenvalue weighted by molar-refractivity contribution is -0.385. The molecule has 0 unspecified atom stereocenters. The number of nitro groups is 1. The Balaban J connectivity index is 3.00. The number of carbonyl (C=O) groups is 1. The van der Waals surface area contributed by atoms with Gasteiger partial charge in [0.15, 0.2) is 0 Å². The van der Waals surface area contributed by atoms with Crippen LogP contribution >= 0.6 is 0 Å². The van der Waals surface area contributed by atoms with Gasteiger partial charge in [0.25, 0.3) is 11.6 Å². The molecular formula is C11H16N4O3. The van der Waals surface area contributed by atoms with Crippen LogP contribution in [0, 0.1) is 16.0 Å². The number of hydrogen-bond donors (Lipinski definition) is 2. The van der Waals surface area contributed by atoms with Gasteiger partial charge in [0.2, 0.25) is 0 Å². The molecule has 18 heavy (non-hydrogen) atoms. The van der Waals surface area contributed by atoms with Crippen molar-refractivity contribution in [2.24, 2.45) is 5.92 Å². The van der Waals surface area contributed by atoms with Gasteiger partial charge in [-0.05, 0) is 5.92 Å². The Morgan fingerprint density at radius 3 is 2.72 bits per heavy atom. The normalized spacial score (nSPS) is 10.2. The summed E-state index contributed by atoms with van der Waals surface area (Å²) in [6.07, 6.45) is 1.12. The Bertz CT molecular complexity index is 460. The first-order chi connectivity index (χ1) is 8.45. The van der Waals surface area contributed by atoms with E-state index < -0.39 is 4.92 Å². The van der Waals surface area contributed by atoms with E-state index in [-0.39, 0.29) is 17.2 Å². The average molecular weight is 252 g/mol. The maximum atomic E-state index is 11.9. The van der Waals surface area contributed by atoms with Gasteiger partial charge in [-0.2, -0.15) is 0 Å². The molecule has 7 nitrogen and oxygen atoms in total. The van der Waals surface area contributed by atoms with Gasteiger partial charge in [-0.1, -0.05) is 13.8 Å². The van der Waals surface area contributed by atoms with E-state index in [1.165, 1.54) is 6.07 Å². The zero-order chi connectivity index (χ0) is 13.7. The summed E-state index contributed by atoms with van der Waals surface area (Å²) in [5, 5.41) is 16.1. The molecule has 0 aliphatic carbocycles. The number of hydrogen-bond acceptors (Lipinski definition) is 5. The molecule has 7 heteroatoms. The quantitative estimate of drug-likeness (QED) is 0.610. The highest BCUT2D eigenvalue weighted by molar-refractivity contribution is 5.99. The Labute approximate surface area is 105 Å². The number of anilines is 1. The Kier molecular flexibility index (Phi) is 4.59. The topological polar surface area (TPSA) is 97.2 Å². The predicted molar refractivity (Wildman–Crippen MR) is 67.6 cm³/mol. The Morgan fingerprint density at radius 2 is 2.22 bits per heavy atom.